The molecule has 0 fully saturated rings. The maximum atomic E-state index is 12.1. The van der Waals surface area contributed by atoms with Gasteiger partial charge in [-0.15, -0.1) is 24.0 Å². The number of nitrogens with one attached hydrogen (secondary N) is 2. The average Bonchev–Trinajstić information content (AvgIpc) is 2.71. The number of halogens is 1. The quantitative estimate of drug-likeness (QED) is 0.181. The average molecular weight is 525 g/mol. The number of hydrogen-bond acceptors (Lipinski definition) is 4. The van der Waals surface area contributed by atoms with Gasteiger partial charge in [-0.25, -0.2) is 4.99 Å². The van der Waals surface area contributed by atoms with Crippen LogP contribution < -0.4 is 10.6 Å². The first-order chi connectivity index (χ1) is 13.9. The van der Waals surface area contributed by atoms with Crippen molar-refractivity contribution >= 4 is 41.5 Å². The number of amides is 1. The van der Waals surface area contributed by atoms with Crippen LogP contribution in [0.15, 0.2) is 53.5 Å². The van der Waals surface area contributed by atoms with Gasteiger partial charge in [0.25, 0.3) is 11.6 Å². The molecule has 30 heavy (non-hydrogen) atoms. The third kappa shape index (κ3) is 7.97. The summed E-state index contributed by atoms with van der Waals surface area (Å²) in [6.45, 7) is 3.65. The molecule has 2 rings (SSSR count). The Balaban J connectivity index is 0.00000450. The maximum Gasteiger partial charge on any atom is 0.269 e. The molecule has 2 N–H and O–H groups in total. The Kier molecular flexibility index (Phi) is 10.8. The van der Waals surface area contributed by atoms with E-state index in [-0.39, 0.29) is 35.6 Å². The number of nitro groups is 1. The number of non-ortho nitro benzene ring substituents is 1. The zero-order valence-corrected chi connectivity index (χ0v) is 19.8. The lowest BCUT2D eigenvalue weighted by atomic mass is 10.1. The minimum absolute atomic E-state index is 0. The van der Waals surface area contributed by atoms with Gasteiger partial charge in [0, 0.05) is 44.9 Å². The van der Waals surface area contributed by atoms with Crippen molar-refractivity contribution in [2.75, 3.05) is 27.2 Å². The number of guanidine groups is 1. The Morgan fingerprint density at radius 1 is 1.10 bits per heavy atom. The van der Waals surface area contributed by atoms with E-state index in [1.807, 2.05) is 37.3 Å². The number of aliphatic imine (C=N–C) groups is 1. The summed E-state index contributed by atoms with van der Waals surface area (Å²) < 4.78 is 0. The van der Waals surface area contributed by atoms with Crippen molar-refractivity contribution in [3.05, 3.63) is 75.3 Å². The predicted molar refractivity (Wildman–Crippen MR) is 129 cm³/mol. The summed E-state index contributed by atoms with van der Waals surface area (Å²) >= 11 is 0. The van der Waals surface area contributed by atoms with E-state index >= 15 is 0 Å². The second-order valence-corrected chi connectivity index (χ2v) is 6.70. The fourth-order valence-electron chi connectivity index (χ4n) is 2.72. The molecule has 0 aliphatic heterocycles. The topological polar surface area (TPSA) is 99.9 Å². The van der Waals surface area contributed by atoms with Gasteiger partial charge in [-0.3, -0.25) is 14.9 Å². The first kappa shape index (κ1) is 25.3. The van der Waals surface area contributed by atoms with E-state index in [2.05, 4.69) is 15.6 Å². The Morgan fingerprint density at radius 3 is 2.47 bits per heavy atom. The summed E-state index contributed by atoms with van der Waals surface area (Å²) in [6, 6.07) is 14.0. The van der Waals surface area contributed by atoms with E-state index in [0.29, 0.717) is 31.2 Å². The van der Waals surface area contributed by atoms with Crippen LogP contribution in [-0.4, -0.2) is 48.9 Å². The van der Waals surface area contributed by atoms with Crippen LogP contribution in [0.5, 0.6) is 0 Å². The molecule has 0 bridgehead atoms. The molecule has 0 spiro atoms. The molecule has 0 heterocycles. The minimum atomic E-state index is -0.411. The Morgan fingerprint density at radius 2 is 1.80 bits per heavy atom. The molecule has 2 aromatic rings. The highest BCUT2D eigenvalue weighted by atomic mass is 127. The molecule has 8 nitrogen and oxygen atoms in total. The summed E-state index contributed by atoms with van der Waals surface area (Å²) in [5.74, 6) is 0.617. The van der Waals surface area contributed by atoms with E-state index in [1.165, 1.54) is 12.1 Å². The molecule has 162 valence electrons. The molecule has 0 aromatic heterocycles. The monoisotopic (exact) mass is 525 g/mol. The van der Waals surface area contributed by atoms with Crippen molar-refractivity contribution in [2.24, 2.45) is 4.99 Å². The van der Waals surface area contributed by atoms with E-state index in [0.717, 1.165) is 17.5 Å². The fourth-order valence-corrected chi connectivity index (χ4v) is 2.72. The number of carbonyl (C=O) groups is 1. The molecule has 1 amide bonds. The summed E-state index contributed by atoms with van der Waals surface area (Å²) in [5.41, 5.74) is 2.55. The van der Waals surface area contributed by atoms with Gasteiger partial charge in [-0.1, -0.05) is 24.3 Å². The standard InChI is InChI=1S/C21H27N5O3.HI/c1-4-22-21(24-15-17-8-6-10-19(14-17)26(28)29)23-12-11-16-7-5-9-18(13-16)20(27)25(2)3;/h5-10,13-14H,4,11-12,15H2,1-3H3,(H2,22,23,24);1H. The SMILES string of the molecule is CCNC(=NCc1cccc([N+](=O)[O-])c1)NCCc1cccc(C(=O)N(C)C)c1.I. The zero-order chi connectivity index (χ0) is 21.2. The second-order valence-electron chi connectivity index (χ2n) is 6.70. The normalized spacial score (nSPS) is 10.7. The van der Waals surface area contributed by atoms with Crippen LogP contribution in [0.1, 0.15) is 28.4 Å². The second kappa shape index (κ2) is 12.8. The summed E-state index contributed by atoms with van der Waals surface area (Å²) in [5, 5.41) is 17.3. The highest BCUT2D eigenvalue weighted by Gasteiger charge is 2.08. The van der Waals surface area contributed by atoms with Crippen LogP contribution in [0.2, 0.25) is 0 Å². The van der Waals surface area contributed by atoms with Gasteiger partial charge >= 0.3 is 0 Å². The number of hydrogen-bond donors (Lipinski definition) is 2. The Bertz CT molecular complexity index is 886. The lowest BCUT2D eigenvalue weighted by molar-refractivity contribution is -0.384. The lowest BCUT2D eigenvalue weighted by Crippen LogP contribution is -2.38. The number of nitro benzene ring substituents is 1. The van der Waals surface area contributed by atoms with Crippen LogP contribution in [0, 0.1) is 10.1 Å². The van der Waals surface area contributed by atoms with Crippen molar-refractivity contribution in [1.82, 2.24) is 15.5 Å². The van der Waals surface area contributed by atoms with Crippen molar-refractivity contribution in [2.45, 2.75) is 19.9 Å². The maximum absolute atomic E-state index is 12.1. The number of rotatable bonds is 8. The van der Waals surface area contributed by atoms with Crippen LogP contribution >= 0.6 is 24.0 Å². The van der Waals surface area contributed by atoms with Crippen molar-refractivity contribution in [3.8, 4) is 0 Å². The predicted octanol–water partition coefficient (Wildman–Crippen LogP) is 3.21. The van der Waals surface area contributed by atoms with Crippen LogP contribution in [0.3, 0.4) is 0 Å². The Hall–Kier alpha value is -2.69. The van der Waals surface area contributed by atoms with Gasteiger partial charge in [-0.05, 0) is 36.6 Å². The lowest BCUT2D eigenvalue weighted by Gasteiger charge is -2.13. The number of carbonyl (C=O) groups excluding carboxylic acids is 1. The van der Waals surface area contributed by atoms with Gasteiger partial charge in [-0.2, -0.15) is 0 Å². The van der Waals surface area contributed by atoms with E-state index in [9.17, 15) is 14.9 Å². The number of benzene rings is 2. The van der Waals surface area contributed by atoms with E-state index in [4.69, 9.17) is 0 Å². The smallest absolute Gasteiger partial charge is 0.269 e. The molecule has 0 aliphatic rings. The largest absolute Gasteiger partial charge is 0.357 e. The minimum Gasteiger partial charge on any atom is -0.357 e. The fraction of sp³-hybridized carbons (Fsp3) is 0.333. The molecule has 0 saturated heterocycles. The number of nitrogens with zero attached hydrogens (tertiary/aromatic N) is 3. The van der Waals surface area contributed by atoms with Crippen LogP contribution in [0.4, 0.5) is 5.69 Å². The van der Waals surface area contributed by atoms with Crippen LogP contribution in [-0.2, 0) is 13.0 Å². The van der Waals surface area contributed by atoms with Gasteiger partial charge in [0.1, 0.15) is 0 Å². The van der Waals surface area contributed by atoms with Gasteiger partial charge in [0.15, 0.2) is 5.96 Å². The highest BCUT2D eigenvalue weighted by Crippen LogP contribution is 2.13. The summed E-state index contributed by atoms with van der Waals surface area (Å²) in [6.07, 6.45) is 0.732. The third-order valence-corrected chi connectivity index (χ3v) is 4.17. The van der Waals surface area contributed by atoms with Crippen molar-refractivity contribution < 1.29 is 9.72 Å². The molecular formula is C21H28IN5O3. The first-order valence-corrected chi connectivity index (χ1v) is 9.46. The molecule has 2 aromatic carbocycles. The van der Waals surface area contributed by atoms with Gasteiger partial charge in [0.05, 0.1) is 11.5 Å². The van der Waals surface area contributed by atoms with Crippen molar-refractivity contribution in [3.63, 3.8) is 0 Å². The Labute approximate surface area is 193 Å². The first-order valence-electron chi connectivity index (χ1n) is 9.46. The van der Waals surface area contributed by atoms with Crippen LogP contribution in [0.25, 0.3) is 0 Å². The zero-order valence-electron chi connectivity index (χ0n) is 17.4. The van der Waals surface area contributed by atoms with Gasteiger partial charge < -0.3 is 15.5 Å². The third-order valence-electron chi connectivity index (χ3n) is 4.17. The van der Waals surface area contributed by atoms with Gasteiger partial charge in [0.2, 0.25) is 0 Å². The molecule has 0 unspecified atom stereocenters. The molecule has 0 saturated carbocycles. The van der Waals surface area contributed by atoms with E-state index in [1.54, 1.807) is 25.1 Å². The molecule has 9 heteroatoms. The molecule has 0 aliphatic carbocycles. The van der Waals surface area contributed by atoms with E-state index < -0.39 is 4.92 Å². The van der Waals surface area contributed by atoms with Crippen molar-refractivity contribution in [1.29, 1.82) is 0 Å². The summed E-state index contributed by atoms with van der Waals surface area (Å²) in [7, 11) is 3.47. The molecular weight excluding hydrogens is 497 g/mol. The summed E-state index contributed by atoms with van der Waals surface area (Å²) in [4.78, 5) is 28.6. The molecule has 0 atom stereocenters. The highest BCUT2D eigenvalue weighted by molar-refractivity contribution is 14.0. The molecule has 0 radical (unpaired) electrons.